The Morgan fingerprint density at radius 2 is 1.88 bits per heavy atom. The first-order valence-corrected chi connectivity index (χ1v) is 6.84. The summed E-state index contributed by atoms with van der Waals surface area (Å²) in [5.74, 6) is 0.132. The van der Waals surface area contributed by atoms with Gasteiger partial charge in [0, 0.05) is 25.7 Å². The molecular weight excluding hydrogens is 216 g/mol. The predicted octanol–water partition coefficient (Wildman–Crippen LogP) is 1.28. The van der Waals surface area contributed by atoms with Gasteiger partial charge in [0.2, 0.25) is 0 Å². The van der Waals surface area contributed by atoms with E-state index < -0.39 is 0 Å². The first-order chi connectivity index (χ1) is 8.20. The molecule has 0 radical (unpaired) electrons. The first kappa shape index (κ1) is 12.8. The van der Waals surface area contributed by atoms with Gasteiger partial charge in [-0.15, -0.1) is 0 Å². The average molecular weight is 240 g/mol. The van der Waals surface area contributed by atoms with Crippen LogP contribution in [0.4, 0.5) is 0 Å². The maximum absolute atomic E-state index is 12.3. The Labute approximate surface area is 103 Å². The van der Waals surface area contributed by atoms with Crippen molar-refractivity contribution in [1.29, 1.82) is 0 Å². The molecule has 98 valence electrons. The van der Waals surface area contributed by atoms with Crippen LogP contribution >= 0.6 is 0 Å². The summed E-state index contributed by atoms with van der Waals surface area (Å²) in [6.07, 6.45) is 7.27. The quantitative estimate of drug-likeness (QED) is 0.791. The van der Waals surface area contributed by atoms with Gasteiger partial charge in [-0.2, -0.15) is 0 Å². The summed E-state index contributed by atoms with van der Waals surface area (Å²) < 4.78 is 5.55. The van der Waals surface area contributed by atoms with Gasteiger partial charge >= 0.3 is 0 Å². The third-order valence-corrected chi connectivity index (χ3v) is 4.08. The monoisotopic (exact) mass is 240 g/mol. The molecule has 1 aliphatic carbocycles. The van der Waals surface area contributed by atoms with Gasteiger partial charge < -0.3 is 15.4 Å². The van der Waals surface area contributed by atoms with E-state index in [9.17, 15) is 4.79 Å². The van der Waals surface area contributed by atoms with Crippen LogP contribution in [0.2, 0.25) is 0 Å². The van der Waals surface area contributed by atoms with Gasteiger partial charge in [0.05, 0.1) is 0 Å². The SMILES string of the molecule is CN(C(=O)C1CCCCO1)C1CCCCC1N. The smallest absolute Gasteiger partial charge is 0.251 e. The van der Waals surface area contributed by atoms with Crippen LogP contribution in [0.1, 0.15) is 44.9 Å². The second-order valence-corrected chi connectivity index (χ2v) is 5.32. The van der Waals surface area contributed by atoms with Crippen molar-refractivity contribution in [3.8, 4) is 0 Å². The van der Waals surface area contributed by atoms with E-state index >= 15 is 0 Å². The van der Waals surface area contributed by atoms with Crippen molar-refractivity contribution in [2.45, 2.75) is 63.1 Å². The lowest BCUT2D eigenvalue weighted by molar-refractivity contribution is -0.148. The Morgan fingerprint density at radius 1 is 1.18 bits per heavy atom. The van der Waals surface area contributed by atoms with E-state index in [1.165, 1.54) is 12.8 Å². The van der Waals surface area contributed by atoms with Crippen LogP contribution in [0.5, 0.6) is 0 Å². The average Bonchev–Trinajstić information content (AvgIpc) is 2.39. The van der Waals surface area contributed by atoms with Crippen molar-refractivity contribution in [3.63, 3.8) is 0 Å². The molecule has 1 amide bonds. The molecule has 17 heavy (non-hydrogen) atoms. The highest BCUT2D eigenvalue weighted by molar-refractivity contribution is 5.81. The number of hydrogen-bond acceptors (Lipinski definition) is 3. The van der Waals surface area contributed by atoms with Gasteiger partial charge in [-0.1, -0.05) is 12.8 Å². The zero-order chi connectivity index (χ0) is 12.3. The van der Waals surface area contributed by atoms with Crippen molar-refractivity contribution < 1.29 is 9.53 Å². The molecular formula is C13H24N2O2. The fraction of sp³-hybridized carbons (Fsp3) is 0.923. The zero-order valence-corrected chi connectivity index (χ0v) is 10.7. The molecule has 1 heterocycles. The molecule has 3 unspecified atom stereocenters. The van der Waals surface area contributed by atoms with Crippen LogP contribution in [0.25, 0.3) is 0 Å². The lowest BCUT2D eigenvalue weighted by atomic mass is 9.89. The summed E-state index contributed by atoms with van der Waals surface area (Å²) in [6.45, 7) is 0.723. The molecule has 2 N–H and O–H groups in total. The molecule has 3 atom stereocenters. The highest BCUT2D eigenvalue weighted by atomic mass is 16.5. The van der Waals surface area contributed by atoms with Crippen molar-refractivity contribution >= 4 is 5.91 Å². The number of nitrogens with zero attached hydrogens (tertiary/aromatic N) is 1. The van der Waals surface area contributed by atoms with Gasteiger partial charge in [0.25, 0.3) is 5.91 Å². The number of nitrogens with two attached hydrogens (primary N) is 1. The van der Waals surface area contributed by atoms with E-state index in [0.717, 1.165) is 38.7 Å². The summed E-state index contributed by atoms with van der Waals surface area (Å²) in [5, 5.41) is 0. The summed E-state index contributed by atoms with van der Waals surface area (Å²) in [6, 6.07) is 0.350. The number of rotatable bonds is 2. The highest BCUT2D eigenvalue weighted by Crippen LogP contribution is 2.23. The minimum Gasteiger partial charge on any atom is -0.368 e. The number of likely N-dealkylation sites (N-methyl/N-ethyl adjacent to an activating group) is 1. The van der Waals surface area contributed by atoms with Crippen molar-refractivity contribution in [3.05, 3.63) is 0 Å². The molecule has 2 rings (SSSR count). The first-order valence-electron chi connectivity index (χ1n) is 6.84. The number of ether oxygens (including phenoxy) is 1. The summed E-state index contributed by atoms with van der Waals surface area (Å²) in [4.78, 5) is 14.1. The Kier molecular flexibility index (Phi) is 4.40. The number of amides is 1. The lowest BCUT2D eigenvalue weighted by Gasteiger charge is -2.38. The van der Waals surface area contributed by atoms with Crippen LogP contribution in [-0.2, 0) is 9.53 Å². The third-order valence-electron chi connectivity index (χ3n) is 4.08. The van der Waals surface area contributed by atoms with Gasteiger partial charge in [-0.3, -0.25) is 4.79 Å². The summed E-state index contributed by atoms with van der Waals surface area (Å²) >= 11 is 0. The van der Waals surface area contributed by atoms with Crippen LogP contribution in [-0.4, -0.2) is 42.6 Å². The van der Waals surface area contributed by atoms with Crippen LogP contribution in [0.15, 0.2) is 0 Å². The van der Waals surface area contributed by atoms with E-state index in [-0.39, 0.29) is 24.1 Å². The zero-order valence-electron chi connectivity index (χ0n) is 10.7. The van der Waals surface area contributed by atoms with Gasteiger partial charge in [-0.05, 0) is 32.1 Å². The molecule has 1 saturated heterocycles. The fourth-order valence-corrected chi connectivity index (χ4v) is 2.95. The predicted molar refractivity (Wildman–Crippen MR) is 66.6 cm³/mol. The van der Waals surface area contributed by atoms with Gasteiger partial charge in [0.15, 0.2) is 0 Å². The van der Waals surface area contributed by atoms with E-state index in [2.05, 4.69) is 0 Å². The Bertz CT molecular complexity index is 264. The summed E-state index contributed by atoms with van der Waals surface area (Å²) in [7, 11) is 1.89. The molecule has 1 aliphatic heterocycles. The molecule has 1 saturated carbocycles. The lowest BCUT2D eigenvalue weighted by Crippen LogP contribution is -2.53. The van der Waals surface area contributed by atoms with Gasteiger partial charge in [0.1, 0.15) is 6.10 Å². The normalized spacial score (nSPS) is 34.4. The minimum atomic E-state index is -0.220. The number of carbonyl (C=O) groups excluding carboxylic acids is 1. The highest BCUT2D eigenvalue weighted by Gasteiger charge is 2.32. The molecule has 0 aromatic rings. The standard InChI is InChI=1S/C13H24N2O2/c1-15(11-7-3-2-6-10(11)14)13(16)12-8-4-5-9-17-12/h10-12H,2-9,14H2,1H3. The van der Waals surface area contributed by atoms with E-state index in [1.54, 1.807) is 0 Å². The molecule has 0 aromatic carbocycles. The maximum atomic E-state index is 12.3. The fourth-order valence-electron chi connectivity index (χ4n) is 2.95. The van der Waals surface area contributed by atoms with Crippen LogP contribution in [0.3, 0.4) is 0 Å². The molecule has 4 nitrogen and oxygen atoms in total. The van der Waals surface area contributed by atoms with Crippen LogP contribution < -0.4 is 5.73 Å². The van der Waals surface area contributed by atoms with E-state index in [1.807, 2.05) is 11.9 Å². The molecule has 2 aliphatic rings. The topological polar surface area (TPSA) is 55.6 Å². The molecule has 4 heteroatoms. The Balaban J connectivity index is 1.92. The molecule has 0 spiro atoms. The number of hydrogen-bond donors (Lipinski definition) is 1. The van der Waals surface area contributed by atoms with Gasteiger partial charge in [-0.25, -0.2) is 0 Å². The maximum Gasteiger partial charge on any atom is 0.251 e. The second kappa shape index (κ2) is 5.83. The van der Waals surface area contributed by atoms with E-state index in [0.29, 0.717) is 0 Å². The minimum absolute atomic E-state index is 0.132. The third kappa shape index (κ3) is 2.99. The molecule has 2 fully saturated rings. The summed E-state index contributed by atoms with van der Waals surface area (Å²) in [5.41, 5.74) is 6.11. The van der Waals surface area contributed by atoms with Crippen molar-refractivity contribution in [2.24, 2.45) is 5.73 Å². The molecule has 0 bridgehead atoms. The van der Waals surface area contributed by atoms with Crippen molar-refractivity contribution in [1.82, 2.24) is 4.90 Å². The number of carbonyl (C=O) groups is 1. The Morgan fingerprint density at radius 3 is 2.53 bits per heavy atom. The van der Waals surface area contributed by atoms with Crippen molar-refractivity contribution in [2.75, 3.05) is 13.7 Å². The van der Waals surface area contributed by atoms with Crippen LogP contribution in [0, 0.1) is 0 Å². The largest absolute Gasteiger partial charge is 0.368 e. The van der Waals surface area contributed by atoms with E-state index in [4.69, 9.17) is 10.5 Å². The molecule has 0 aromatic heterocycles. The second-order valence-electron chi connectivity index (χ2n) is 5.32. The Hall–Kier alpha value is -0.610.